The van der Waals surface area contributed by atoms with E-state index in [1.54, 1.807) is 12.4 Å². The lowest BCUT2D eigenvalue weighted by Gasteiger charge is -2.33. The van der Waals surface area contributed by atoms with Gasteiger partial charge in [0.2, 0.25) is 0 Å². The van der Waals surface area contributed by atoms with Crippen molar-refractivity contribution in [3.05, 3.63) is 41.7 Å². The maximum Gasteiger partial charge on any atom is 0.194 e. The minimum Gasteiger partial charge on any atom is -0.505 e. The predicted octanol–water partition coefficient (Wildman–Crippen LogP) is 1.99. The molecule has 0 unspecified atom stereocenters. The highest BCUT2D eigenvalue weighted by Crippen LogP contribution is 2.25. The summed E-state index contributed by atoms with van der Waals surface area (Å²) in [6.45, 7) is 4.91. The first-order valence-electron chi connectivity index (χ1n) is 8.53. The van der Waals surface area contributed by atoms with Gasteiger partial charge in [0.25, 0.3) is 0 Å². The van der Waals surface area contributed by atoms with Gasteiger partial charge in [-0.25, -0.2) is 14.4 Å². The summed E-state index contributed by atoms with van der Waals surface area (Å²) in [5.41, 5.74) is 0.724. The number of likely N-dealkylation sites (tertiary alicyclic amines) is 1. The highest BCUT2D eigenvalue weighted by atomic mass is 19.1. The molecule has 0 amide bonds. The lowest BCUT2D eigenvalue weighted by molar-refractivity contribution is 0.299. The number of rotatable bonds is 4. The van der Waals surface area contributed by atoms with Gasteiger partial charge >= 0.3 is 0 Å². The average Bonchev–Trinajstić information content (AvgIpc) is 3.16. The molecular weight excluding hydrogens is 323 g/mol. The van der Waals surface area contributed by atoms with E-state index in [9.17, 15) is 9.50 Å². The molecule has 0 radical (unpaired) electrons. The Balaban J connectivity index is 1.63. The first kappa shape index (κ1) is 17.2. The van der Waals surface area contributed by atoms with Crippen molar-refractivity contribution in [1.29, 1.82) is 0 Å². The van der Waals surface area contributed by atoms with Gasteiger partial charge in [0.05, 0.1) is 6.54 Å². The Morgan fingerprint density at radius 3 is 2.88 bits per heavy atom. The molecule has 3 N–H and O–H groups in total. The van der Waals surface area contributed by atoms with E-state index in [2.05, 4.69) is 30.4 Å². The monoisotopic (exact) mass is 346 g/mol. The second-order valence-electron chi connectivity index (χ2n) is 6.09. The van der Waals surface area contributed by atoms with E-state index in [0.717, 1.165) is 49.8 Å². The van der Waals surface area contributed by atoms with Crippen LogP contribution in [0.15, 0.2) is 29.5 Å². The summed E-state index contributed by atoms with van der Waals surface area (Å²) in [5.74, 6) is 1.21. The van der Waals surface area contributed by atoms with Gasteiger partial charge in [-0.15, -0.1) is 0 Å². The third-order valence-corrected chi connectivity index (χ3v) is 4.37. The molecule has 8 heteroatoms. The van der Waals surface area contributed by atoms with Crippen LogP contribution in [0.3, 0.4) is 0 Å². The second kappa shape index (κ2) is 7.96. The third-order valence-electron chi connectivity index (χ3n) is 4.37. The number of halogens is 1. The molecule has 0 spiro atoms. The minimum atomic E-state index is -0.620. The van der Waals surface area contributed by atoms with Gasteiger partial charge in [-0.2, -0.15) is 5.10 Å². The Morgan fingerprint density at radius 2 is 2.24 bits per heavy atom. The Hall–Kier alpha value is -2.64. The number of H-pyrrole nitrogens is 1. The van der Waals surface area contributed by atoms with Crippen LogP contribution in [0.25, 0.3) is 0 Å². The van der Waals surface area contributed by atoms with Gasteiger partial charge in [0, 0.05) is 25.6 Å². The van der Waals surface area contributed by atoms with Gasteiger partial charge in [-0.05, 0) is 37.5 Å². The van der Waals surface area contributed by atoms with Crippen molar-refractivity contribution >= 4 is 5.96 Å². The van der Waals surface area contributed by atoms with Crippen molar-refractivity contribution in [2.24, 2.45) is 4.99 Å². The van der Waals surface area contributed by atoms with Crippen molar-refractivity contribution in [2.45, 2.75) is 32.2 Å². The number of aliphatic imine (C=N–C) groups is 1. The van der Waals surface area contributed by atoms with Crippen LogP contribution in [0.5, 0.6) is 5.75 Å². The molecule has 2 heterocycles. The molecule has 0 saturated carbocycles. The van der Waals surface area contributed by atoms with Gasteiger partial charge in [-0.1, -0.05) is 6.07 Å². The van der Waals surface area contributed by atoms with E-state index in [1.807, 2.05) is 6.92 Å². The van der Waals surface area contributed by atoms with Crippen LogP contribution in [0.1, 0.15) is 37.1 Å². The number of guanidine groups is 1. The molecule has 134 valence electrons. The summed E-state index contributed by atoms with van der Waals surface area (Å²) < 4.78 is 13.4. The molecule has 0 bridgehead atoms. The first-order chi connectivity index (χ1) is 12.2. The number of hydrogen-bond donors (Lipinski definition) is 3. The fraction of sp³-hybridized carbons (Fsp3) is 0.471. The zero-order valence-electron chi connectivity index (χ0n) is 14.2. The number of benzene rings is 1. The van der Waals surface area contributed by atoms with E-state index in [0.29, 0.717) is 12.5 Å². The number of aromatic hydroxyl groups is 1. The first-order valence-corrected chi connectivity index (χ1v) is 8.53. The second-order valence-corrected chi connectivity index (χ2v) is 6.09. The Morgan fingerprint density at radius 1 is 1.44 bits per heavy atom. The minimum absolute atomic E-state index is 0.339. The number of hydrogen-bond acceptors (Lipinski definition) is 4. The zero-order valence-corrected chi connectivity index (χ0v) is 14.2. The molecule has 2 aromatic rings. The van der Waals surface area contributed by atoms with Crippen LogP contribution < -0.4 is 5.32 Å². The summed E-state index contributed by atoms with van der Waals surface area (Å²) >= 11 is 0. The number of aromatic amines is 1. The van der Waals surface area contributed by atoms with E-state index >= 15 is 0 Å². The third kappa shape index (κ3) is 4.26. The van der Waals surface area contributed by atoms with Crippen molar-refractivity contribution in [2.75, 3.05) is 19.6 Å². The van der Waals surface area contributed by atoms with E-state index < -0.39 is 5.82 Å². The number of phenolic OH excluding ortho intramolecular Hbond substituents is 1. The van der Waals surface area contributed by atoms with Crippen LogP contribution in [0, 0.1) is 5.82 Å². The fourth-order valence-electron chi connectivity index (χ4n) is 3.02. The number of phenols is 1. The number of aromatic nitrogens is 3. The number of nitrogens with zero attached hydrogens (tertiary/aromatic N) is 4. The highest BCUT2D eigenvalue weighted by Gasteiger charge is 2.24. The average molecular weight is 346 g/mol. The van der Waals surface area contributed by atoms with E-state index in [4.69, 9.17) is 0 Å². The largest absolute Gasteiger partial charge is 0.505 e. The Kier molecular flexibility index (Phi) is 5.47. The molecule has 1 fully saturated rings. The molecule has 1 aromatic heterocycles. The van der Waals surface area contributed by atoms with Gasteiger partial charge in [-0.3, -0.25) is 5.10 Å². The van der Waals surface area contributed by atoms with Crippen molar-refractivity contribution in [1.82, 2.24) is 25.4 Å². The standard InChI is InChI=1S/C17H23FN6O/c1-2-19-17(20-10-12-3-4-15(25)14(18)9-12)24-7-5-13(6-8-24)16-21-11-22-23-16/h3-4,9,11,13,25H,2,5-8,10H2,1H3,(H,19,20)(H,21,22,23). The molecule has 0 aliphatic carbocycles. The molecule has 25 heavy (non-hydrogen) atoms. The van der Waals surface area contributed by atoms with Crippen LogP contribution in [-0.2, 0) is 6.54 Å². The van der Waals surface area contributed by atoms with Crippen LogP contribution in [-0.4, -0.2) is 50.8 Å². The molecule has 1 aromatic carbocycles. The SMILES string of the molecule is CCNC(=NCc1ccc(O)c(F)c1)N1CCC(c2ncn[nH]2)CC1. The van der Waals surface area contributed by atoms with Gasteiger partial charge < -0.3 is 15.3 Å². The predicted molar refractivity (Wildman–Crippen MR) is 92.8 cm³/mol. The molecule has 1 aliphatic rings. The number of nitrogens with one attached hydrogen (secondary N) is 2. The summed E-state index contributed by atoms with van der Waals surface area (Å²) in [7, 11) is 0. The van der Waals surface area contributed by atoms with Crippen LogP contribution >= 0.6 is 0 Å². The fourth-order valence-corrected chi connectivity index (χ4v) is 3.02. The Bertz CT molecular complexity index is 710. The van der Waals surface area contributed by atoms with Crippen molar-refractivity contribution < 1.29 is 9.50 Å². The number of piperidine rings is 1. The van der Waals surface area contributed by atoms with Crippen molar-refractivity contribution in [3.8, 4) is 5.75 Å². The molecule has 3 rings (SSSR count). The summed E-state index contributed by atoms with van der Waals surface area (Å²) in [6, 6.07) is 4.36. The topological polar surface area (TPSA) is 89.4 Å². The maximum atomic E-state index is 13.4. The Labute approximate surface area is 146 Å². The summed E-state index contributed by atoms with van der Waals surface area (Å²) in [6.07, 6.45) is 3.50. The highest BCUT2D eigenvalue weighted by molar-refractivity contribution is 5.80. The van der Waals surface area contributed by atoms with Crippen LogP contribution in [0.4, 0.5) is 4.39 Å². The summed E-state index contributed by atoms with van der Waals surface area (Å²) in [4.78, 5) is 11.1. The molecule has 1 aliphatic heterocycles. The van der Waals surface area contributed by atoms with Gasteiger partial charge in [0.1, 0.15) is 12.2 Å². The van der Waals surface area contributed by atoms with Gasteiger partial charge in [0.15, 0.2) is 17.5 Å². The van der Waals surface area contributed by atoms with E-state index in [1.165, 1.54) is 12.1 Å². The molecular formula is C17H23FN6O. The van der Waals surface area contributed by atoms with E-state index in [-0.39, 0.29) is 5.75 Å². The van der Waals surface area contributed by atoms with Crippen molar-refractivity contribution in [3.63, 3.8) is 0 Å². The lowest BCUT2D eigenvalue weighted by atomic mass is 9.96. The summed E-state index contributed by atoms with van der Waals surface area (Å²) in [5, 5.41) is 19.4. The normalized spacial score (nSPS) is 16.2. The molecule has 7 nitrogen and oxygen atoms in total. The lowest BCUT2D eigenvalue weighted by Crippen LogP contribution is -2.45. The zero-order chi connectivity index (χ0) is 17.6. The molecule has 0 atom stereocenters. The smallest absolute Gasteiger partial charge is 0.194 e. The quantitative estimate of drug-likeness (QED) is 0.582. The van der Waals surface area contributed by atoms with Crippen LogP contribution in [0.2, 0.25) is 0 Å². The molecule has 1 saturated heterocycles. The maximum absolute atomic E-state index is 13.4.